The molecule has 23 heavy (non-hydrogen) atoms. The summed E-state index contributed by atoms with van der Waals surface area (Å²) in [6, 6.07) is 8.66. The largest absolute Gasteiger partial charge is 0.468 e. The van der Waals surface area contributed by atoms with Crippen molar-refractivity contribution in [3.05, 3.63) is 72.5 Å². The van der Waals surface area contributed by atoms with Crippen LogP contribution in [0.1, 0.15) is 11.3 Å². The predicted molar refractivity (Wildman–Crippen MR) is 79.2 cm³/mol. The molecule has 0 saturated carbocycles. The van der Waals surface area contributed by atoms with Crippen molar-refractivity contribution in [1.29, 1.82) is 0 Å². The van der Waals surface area contributed by atoms with Crippen molar-refractivity contribution in [3.63, 3.8) is 0 Å². The highest BCUT2D eigenvalue weighted by Crippen LogP contribution is 2.14. The molecule has 0 atom stereocenters. The van der Waals surface area contributed by atoms with Gasteiger partial charge in [0.2, 0.25) is 0 Å². The number of rotatable bonds is 5. The van der Waals surface area contributed by atoms with Gasteiger partial charge in [0.25, 0.3) is 0 Å². The molecule has 0 aliphatic heterocycles. The molecular formula is C14H13N3O6. The highest BCUT2D eigenvalue weighted by atomic mass is 16.6. The minimum Gasteiger partial charge on any atom is -0.468 e. The maximum absolute atomic E-state index is 12.2. The number of hydrogen-bond acceptors (Lipinski definition) is 6. The van der Waals surface area contributed by atoms with Crippen LogP contribution in [0, 0.1) is 10.1 Å². The number of nitro groups is 1. The van der Waals surface area contributed by atoms with E-state index in [-0.39, 0.29) is 12.1 Å². The fourth-order valence-electron chi connectivity index (χ4n) is 2.06. The number of carbonyl (C=O) groups excluding carboxylic acids is 1. The average molecular weight is 319 g/mol. The lowest BCUT2D eigenvalue weighted by atomic mass is 10.1. The monoisotopic (exact) mass is 319 g/mol. The smallest absolute Gasteiger partial charge is 0.353 e. The van der Waals surface area contributed by atoms with E-state index in [0.29, 0.717) is 10.1 Å². The number of carbonyl (C=O) groups is 1. The average Bonchev–Trinajstić information content (AvgIpc) is 2.51. The van der Waals surface area contributed by atoms with Gasteiger partial charge in [-0.15, -0.1) is 0 Å². The summed E-state index contributed by atoms with van der Waals surface area (Å²) in [7, 11) is 1.08. The Morgan fingerprint density at radius 2 is 1.96 bits per heavy atom. The SMILES string of the molecule is COC(=O)Cn1c(=O)[nH]c(Cc2ccccc2)c([N+](=O)[O-])c1=O. The van der Waals surface area contributed by atoms with E-state index in [9.17, 15) is 24.5 Å². The minimum atomic E-state index is -1.14. The summed E-state index contributed by atoms with van der Waals surface area (Å²) < 4.78 is 4.81. The second kappa shape index (κ2) is 6.69. The van der Waals surface area contributed by atoms with E-state index in [1.54, 1.807) is 30.3 Å². The molecule has 0 aliphatic rings. The molecule has 0 spiro atoms. The van der Waals surface area contributed by atoms with E-state index in [1.165, 1.54) is 0 Å². The minimum absolute atomic E-state index is 0.0146. The first-order valence-corrected chi connectivity index (χ1v) is 6.55. The lowest BCUT2D eigenvalue weighted by Gasteiger charge is -2.07. The van der Waals surface area contributed by atoms with E-state index in [1.807, 2.05) is 0 Å². The lowest BCUT2D eigenvalue weighted by molar-refractivity contribution is -0.387. The van der Waals surface area contributed by atoms with Crippen molar-refractivity contribution in [3.8, 4) is 0 Å². The summed E-state index contributed by atoms with van der Waals surface area (Å²) in [5, 5.41) is 11.2. The van der Waals surface area contributed by atoms with Gasteiger partial charge in [-0.1, -0.05) is 30.3 Å². The molecule has 0 fully saturated rings. The van der Waals surface area contributed by atoms with Gasteiger partial charge in [-0.2, -0.15) is 0 Å². The Morgan fingerprint density at radius 1 is 1.30 bits per heavy atom. The van der Waals surface area contributed by atoms with E-state index in [4.69, 9.17) is 0 Å². The zero-order valence-electron chi connectivity index (χ0n) is 12.1. The maximum Gasteiger partial charge on any atom is 0.353 e. The first kappa shape index (κ1) is 16.1. The Labute approximate surface area is 129 Å². The molecule has 0 saturated heterocycles. The van der Waals surface area contributed by atoms with Crippen LogP contribution in [0.25, 0.3) is 0 Å². The molecule has 9 heteroatoms. The highest BCUT2D eigenvalue weighted by Gasteiger charge is 2.25. The van der Waals surface area contributed by atoms with Crippen molar-refractivity contribution < 1.29 is 14.5 Å². The van der Waals surface area contributed by atoms with Crippen LogP contribution in [0.3, 0.4) is 0 Å². The molecule has 0 aliphatic carbocycles. The summed E-state index contributed by atoms with van der Waals surface area (Å²) in [6.07, 6.45) is 0.0146. The fraction of sp³-hybridized carbons (Fsp3) is 0.214. The predicted octanol–water partition coefficient (Wildman–Crippen LogP) is 0.209. The van der Waals surface area contributed by atoms with Crippen molar-refractivity contribution >= 4 is 11.7 Å². The van der Waals surface area contributed by atoms with Gasteiger partial charge in [0.1, 0.15) is 12.2 Å². The Morgan fingerprint density at radius 3 is 2.52 bits per heavy atom. The molecule has 2 aromatic rings. The zero-order chi connectivity index (χ0) is 17.0. The first-order valence-electron chi connectivity index (χ1n) is 6.55. The van der Waals surface area contributed by atoms with Crippen LogP contribution >= 0.6 is 0 Å². The van der Waals surface area contributed by atoms with E-state index >= 15 is 0 Å². The second-order valence-electron chi connectivity index (χ2n) is 4.64. The Balaban J connectivity index is 2.56. The van der Waals surface area contributed by atoms with Gasteiger partial charge >= 0.3 is 22.9 Å². The molecule has 0 radical (unpaired) electrons. The molecular weight excluding hydrogens is 306 g/mol. The van der Waals surface area contributed by atoms with Gasteiger partial charge in [-0.25, -0.2) is 9.36 Å². The second-order valence-corrected chi connectivity index (χ2v) is 4.64. The summed E-state index contributed by atoms with van der Waals surface area (Å²) >= 11 is 0. The normalized spacial score (nSPS) is 10.3. The maximum atomic E-state index is 12.2. The van der Waals surface area contributed by atoms with Gasteiger partial charge in [0, 0.05) is 6.42 Å². The van der Waals surface area contributed by atoms with Gasteiger partial charge in [0.05, 0.1) is 12.0 Å². The van der Waals surface area contributed by atoms with Gasteiger partial charge < -0.3 is 9.72 Å². The molecule has 0 bridgehead atoms. The van der Waals surface area contributed by atoms with Crippen LogP contribution in [-0.4, -0.2) is 27.6 Å². The number of aromatic nitrogens is 2. The van der Waals surface area contributed by atoms with Crippen LogP contribution in [0.4, 0.5) is 5.69 Å². The number of H-pyrrole nitrogens is 1. The molecule has 9 nitrogen and oxygen atoms in total. The molecule has 1 aromatic carbocycles. The summed E-state index contributed by atoms with van der Waals surface area (Å²) in [4.78, 5) is 48.0. The third-order valence-corrected chi connectivity index (χ3v) is 3.16. The van der Waals surface area contributed by atoms with Crippen molar-refractivity contribution in [2.45, 2.75) is 13.0 Å². The molecule has 0 unspecified atom stereocenters. The molecule has 1 heterocycles. The number of methoxy groups -OCH3 is 1. The molecule has 120 valence electrons. The number of nitrogens with one attached hydrogen (secondary N) is 1. The van der Waals surface area contributed by atoms with Crippen LogP contribution < -0.4 is 11.2 Å². The number of esters is 1. The van der Waals surface area contributed by atoms with Gasteiger partial charge in [0.15, 0.2) is 0 Å². The van der Waals surface area contributed by atoms with Crippen LogP contribution in [0.2, 0.25) is 0 Å². The van der Waals surface area contributed by atoms with Crippen LogP contribution in [0.5, 0.6) is 0 Å². The standard InChI is InChI=1S/C14H13N3O6/c1-23-11(18)8-16-13(19)12(17(21)22)10(15-14(16)20)7-9-5-3-2-4-6-9/h2-6H,7-8H2,1H3,(H,15,20). The third-order valence-electron chi connectivity index (χ3n) is 3.16. The molecule has 0 amide bonds. The topological polar surface area (TPSA) is 124 Å². The Kier molecular flexibility index (Phi) is 4.69. The quantitative estimate of drug-likeness (QED) is 0.477. The number of hydrogen-bond donors (Lipinski definition) is 1. The number of benzene rings is 1. The number of aromatic amines is 1. The lowest BCUT2D eigenvalue weighted by Crippen LogP contribution is -2.39. The van der Waals surface area contributed by atoms with Gasteiger partial charge in [-0.3, -0.25) is 19.7 Å². The van der Waals surface area contributed by atoms with Gasteiger partial charge in [-0.05, 0) is 5.56 Å². The molecule has 1 aromatic heterocycles. The van der Waals surface area contributed by atoms with Crippen molar-refractivity contribution in [2.75, 3.05) is 7.11 Å². The fourth-order valence-corrected chi connectivity index (χ4v) is 2.06. The third kappa shape index (κ3) is 3.51. The van der Waals surface area contributed by atoms with E-state index in [0.717, 1.165) is 7.11 Å². The molecule has 2 rings (SSSR count). The highest BCUT2D eigenvalue weighted by molar-refractivity contribution is 5.69. The van der Waals surface area contributed by atoms with E-state index in [2.05, 4.69) is 9.72 Å². The zero-order valence-corrected chi connectivity index (χ0v) is 12.1. The number of ether oxygens (including phenoxy) is 1. The van der Waals surface area contributed by atoms with Crippen LogP contribution in [0.15, 0.2) is 39.9 Å². The molecule has 1 N–H and O–H groups in total. The summed E-state index contributed by atoms with van der Waals surface area (Å²) in [5.74, 6) is -0.859. The van der Waals surface area contributed by atoms with Crippen molar-refractivity contribution in [2.24, 2.45) is 0 Å². The van der Waals surface area contributed by atoms with Crippen molar-refractivity contribution in [1.82, 2.24) is 9.55 Å². The van der Waals surface area contributed by atoms with Crippen LogP contribution in [-0.2, 0) is 22.5 Å². The van der Waals surface area contributed by atoms with E-state index < -0.39 is 34.4 Å². The summed E-state index contributed by atoms with van der Waals surface area (Å²) in [6.45, 7) is -0.697. The Hall–Kier alpha value is -3.23. The summed E-state index contributed by atoms with van der Waals surface area (Å²) in [5.41, 5.74) is -2.24. The first-order chi connectivity index (χ1) is 10.9. The number of nitrogens with zero attached hydrogens (tertiary/aromatic N) is 2. The Bertz CT molecular complexity index is 853.